The quantitative estimate of drug-likeness (QED) is 0.818. The summed E-state index contributed by atoms with van der Waals surface area (Å²) in [7, 11) is 0. The average Bonchev–Trinajstić information content (AvgIpc) is 2.91. The van der Waals surface area contributed by atoms with Crippen molar-refractivity contribution in [1.82, 2.24) is 5.32 Å². The Labute approximate surface area is 104 Å². The summed E-state index contributed by atoms with van der Waals surface area (Å²) < 4.78 is 11.0. The van der Waals surface area contributed by atoms with Gasteiger partial charge in [-0.15, -0.1) is 0 Å². The SMILES string of the molecule is CC1(C)[C@H]2CC[C@@]1(C)[C@H](NCC1OCCO1)C2. The molecule has 3 rings (SSSR count). The summed E-state index contributed by atoms with van der Waals surface area (Å²) >= 11 is 0. The van der Waals surface area contributed by atoms with Gasteiger partial charge in [0.05, 0.1) is 13.2 Å². The van der Waals surface area contributed by atoms with Crippen LogP contribution in [0.4, 0.5) is 0 Å². The summed E-state index contributed by atoms with van der Waals surface area (Å²) in [4.78, 5) is 0. The molecule has 17 heavy (non-hydrogen) atoms. The molecule has 0 radical (unpaired) electrons. The van der Waals surface area contributed by atoms with Gasteiger partial charge in [0.15, 0.2) is 6.29 Å². The maximum Gasteiger partial charge on any atom is 0.170 e. The van der Waals surface area contributed by atoms with Gasteiger partial charge in [0.2, 0.25) is 0 Å². The minimum atomic E-state index is -0.0131. The summed E-state index contributed by atoms with van der Waals surface area (Å²) in [5, 5.41) is 3.70. The molecule has 0 aromatic rings. The van der Waals surface area contributed by atoms with Crippen molar-refractivity contribution in [2.24, 2.45) is 16.7 Å². The minimum absolute atomic E-state index is 0.0131. The predicted octanol–water partition coefficient (Wildman–Crippen LogP) is 2.16. The van der Waals surface area contributed by atoms with E-state index in [2.05, 4.69) is 26.1 Å². The van der Waals surface area contributed by atoms with Crippen molar-refractivity contribution in [2.45, 2.75) is 52.4 Å². The minimum Gasteiger partial charge on any atom is -0.349 e. The van der Waals surface area contributed by atoms with Crippen LogP contribution in [0, 0.1) is 16.7 Å². The van der Waals surface area contributed by atoms with E-state index < -0.39 is 0 Å². The molecule has 0 unspecified atom stereocenters. The van der Waals surface area contributed by atoms with Gasteiger partial charge < -0.3 is 14.8 Å². The highest BCUT2D eigenvalue weighted by Gasteiger charge is 2.61. The molecule has 0 spiro atoms. The van der Waals surface area contributed by atoms with E-state index in [9.17, 15) is 0 Å². The molecule has 1 N–H and O–H groups in total. The zero-order valence-corrected chi connectivity index (χ0v) is 11.3. The number of nitrogens with one attached hydrogen (secondary N) is 1. The normalized spacial score (nSPS) is 44.6. The lowest BCUT2D eigenvalue weighted by Gasteiger charge is -2.39. The predicted molar refractivity (Wildman–Crippen MR) is 66.7 cm³/mol. The Morgan fingerprint density at radius 2 is 1.88 bits per heavy atom. The Morgan fingerprint density at radius 3 is 2.41 bits per heavy atom. The third-order valence-electron chi connectivity index (χ3n) is 6.02. The maximum absolute atomic E-state index is 5.49. The standard InChI is InChI=1S/C14H25NO2/c1-13(2)10-4-5-14(13,3)11(8-10)15-9-12-16-6-7-17-12/h10-12,15H,4-9H2,1-3H3/t10-,11+,14-/m0/s1. The van der Waals surface area contributed by atoms with Gasteiger partial charge in [-0.2, -0.15) is 0 Å². The lowest BCUT2D eigenvalue weighted by Crippen LogP contribution is -2.46. The van der Waals surface area contributed by atoms with Gasteiger partial charge >= 0.3 is 0 Å². The van der Waals surface area contributed by atoms with E-state index in [1.165, 1.54) is 19.3 Å². The molecular weight excluding hydrogens is 214 g/mol. The van der Waals surface area contributed by atoms with E-state index in [4.69, 9.17) is 9.47 Å². The zero-order chi connectivity index (χ0) is 12.1. The third-order valence-corrected chi connectivity index (χ3v) is 6.02. The lowest BCUT2D eigenvalue weighted by atomic mass is 9.69. The van der Waals surface area contributed by atoms with Gasteiger partial charge in [0, 0.05) is 12.6 Å². The molecule has 3 fully saturated rings. The Morgan fingerprint density at radius 1 is 1.18 bits per heavy atom. The first kappa shape index (κ1) is 11.9. The second kappa shape index (κ2) is 3.94. The maximum atomic E-state index is 5.49. The van der Waals surface area contributed by atoms with Gasteiger partial charge in [0.1, 0.15) is 0 Å². The Kier molecular flexibility index (Phi) is 2.77. The van der Waals surface area contributed by atoms with E-state index in [0.29, 0.717) is 16.9 Å². The molecule has 3 heteroatoms. The molecular formula is C14H25NO2. The Balaban J connectivity index is 1.62. The highest BCUT2D eigenvalue weighted by molar-refractivity contribution is 5.12. The zero-order valence-electron chi connectivity index (χ0n) is 11.3. The van der Waals surface area contributed by atoms with Crippen molar-refractivity contribution in [1.29, 1.82) is 0 Å². The topological polar surface area (TPSA) is 30.5 Å². The van der Waals surface area contributed by atoms with Crippen LogP contribution in [0.25, 0.3) is 0 Å². The summed E-state index contributed by atoms with van der Waals surface area (Å²) in [5.74, 6) is 0.899. The highest BCUT2D eigenvalue weighted by Crippen LogP contribution is 2.65. The first-order chi connectivity index (χ1) is 8.04. The van der Waals surface area contributed by atoms with Crippen LogP contribution in [-0.4, -0.2) is 32.1 Å². The van der Waals surface area contributed by atoms with Crippen molar-refractivity contribution >= 4 is 0 Å². The number of hydrogen-bond donors (Lipinski definition) is 1. The second-order valence-electron chi connectivity index (χ2n) is 6.74. The van der Waals surface area contributed by atoms with Crippen LogP contribution < -0.4 is 5.32 Å². The average molecular weight is 239 g/mol. The van der Waals surface area contributed by atoms with E-state index in [1.807, 2.05) is 0 Å². The molecule has 1 saturated heterocycles. The molecule has 0 aromatic heterocycles. The highest BCUT2D eigenvalue weighted by atomic mass is 16.7. The smallest absolute Gasteiger partial charge is 0.170 e. The fourth-order valence-electron chi connectivity index (χ4n) is 4.28. The monoisotopic (exact) mass is 239 g/mol. The Hall–Kier alpha value is -0.120. The van der Waals surface area contributed by atoms with Gasteiger partial charge in [-0.1, -0.05) is 20.8 Å². The molecule has 3 atom stereocenters. The van der Waals surface area contributed by atoms with Gasteiger partial charge in [-0.05, 0) is 36.0 Å². The van der Waals surface area contributed by atoms with Crippen molar-refractivity contribution < 1.29 is 9.47 Å². The fraction of sp³-hybridized carbons (Fsp3) is 1.00. The summed E-state index contributed by atoms with van der Waals surface area (Å²) in [6, 6.07) is 0.643. The van der Waals surface area contributed by atoms with Crippen molar-refractivity contribution in [3.05, 3.63) is 0 Å². The molecule has 1 heterocycles. The lowest BCUT2D eigenvalue weighted by molar-refractivity contribution is -0.0440. The van der Waals surface area contributed by atoms with Crippen LogP contribution >= 0.6 is 0 Å². The van der Waals surface area contributed by atoms with Crippen molar-refractivity contribution in [2.75, 3.05) is 19.8 Å². The molecule has 3 aliphatic rings. The molecule has 2 aliphatic carbocycles. The van der Waals surface area contributed by atoms with E-state index in [-0.39, 0.29) is 6.29 Å². The molecule has 98 valence electrons. The number of fused-ring (bicyclic) bond motifs is 2. The second-order valence-corrected chi connectivity index (χ2v) is 6.74. The van der Waals surface area contributed by atoms with Crippen LogP contribution in [0.15, 0.2) is 0 Å². The molecule has 2 saturated carbocycles. The molecule has 0 aromatic carbocycles. The number of hydrogen-bond acceptors (Lipinski definition) is 3. The molecule has 0 amide bonds. The third kappa shape index (κ3) is 1.66. The van der Waals surface area contributed by atoms with Crippen molar-refractivity contribution in [3.63, 3.8) is 0 Å². The van der Waals surface area contributed by atoms with Gasteiger partial charge in [-0.3, -0.25) is 0 Å². The number of rotatable bonds is 3. The largest absolute Gasteiger partial charge is 0.349 e. The number of ether oxygens (including phenoxy) is 2. The first-order valence-electron chi connectivity index (χ1n) is 7.00. The summed E-state index contributed by atoms with van der Waals surface area (Å²) in [6.45, 7) is 9.73. The van der Waals surface area contributed by atoms with Crippen molar-refractivity contribution in [3.8, 4) is 0 Å². The first-order valence-corrected chi connectivity index (χ1v) is 7.00. The van der Waals surface area contributed by atoms with E-state index in [0.717, 1.165) is 25.7 Å². The molecule has 2 bridgehead atoms. The fourth-order valence-corrected chi connectivity index (χ4v) is 4.28. The van der Waals surface area contributed by atoms with Crippen LogP contribution in [0.5, 0.6) is 0 Å². The molecule has 3 nitrogen and oxygen atoms in total. The van der Waals surface area contributed by atoms with Gasteiger partial charge in [0.25, 0.3) is 0 Å². The van der Waals surface area contributed by atoms with E-state index in [1.54, 1.807) is 0 Å². The molecule has 1 aliphatic heterocycles. The van der Waals surface area contributed by atoms with Gasteiger partial charge in [-0.25, -0.2) is 0 Å². The van der Waals surface area contributed by atoms with E-state index >= 15 is 0 Å². The summed E-state index contributed by atoms with van der Waals surface area (Å²) in [5.41, 5.74) is 0.943. The van der Waals surface area contributed by atoms with Crippen LogP contribution in [0.3, 0.4) is 0 Å². The summed E-state index contributed by atoms with van der Waals surface area (Å²) in [6.07, 6.45) is 4.10. The van der Waals surface area contributed by atoms with Crippen LogP contribution in [0.2, 0.25) is 0 Å². The van der Waals surface area contributed by atoms with Crippen LogP contribution in [0.1, 0.15) is 40.0 Å². The Bertz CT molecular complexity index is 299. The van der Waals surface area contributed by atoms with Crippen LogP contribution in [-0.2, 0) is 9.47 Å².